The van der Waals surface area contributed by atoms with E-state index in [0.717, 1.165) is 43.5 Å². The van der Waals surface area contributed by atoms with Gasteiger partial charge in [-0.1, -0.05) is 12.1 Å². The van der Waals surface area contributed by atoms with Crippen LogP contribution in [0.4, 0.5) is 5.69 Å². The molecule has 1 atom stereocenters. The Morgan fingerprint density at radius 3 is 2.78 bits per heavy atom. The summed E-state index contributed by atoms with van der Waals surface area (Å²) in [6.07, 6.45) is 1.06. The van der Waals surface area contributed by atoms with Gasteiger partial charge in [-0.25, -0.2) is 0 Å². The highest BCUT2D eigenvalue weighted by molar-refractivity contribution is 14.0. The van der Waals surface area contributed by atoms with Crippen molar-refractivity contribution in [2.45, 2.75) is 19.4 Å². The Morgan fingerprint density at radius 1 is 1.22 bits per heavy atom. The number of benzene rings is 1. The van der Waals surface area contributed by atoms with Crippen LogP contribution in [-0.2, 0) is 9.47 Å². The van der Waals surface area contributed by atoms with Gasteiger partial charge in [-0.2, -0.15) is 0 Å². The van der Waals surface area contributed by atoms with Crippen LogP contribution in [0.3, 0.4) is 0 Å². The molecule has 0 aliphatic carbocycles. The molecule has 0 amide bonds. The fourth-order valence-corrected chi connectivity index (χ4v) is 2.97. The molecule has 1 aromatic carbocycles. The number of aliphatic imine (C=N–C) groups is 1. The average molecular weight is 492 g/mol. The Kier molecular flexibility index (Phi) is 12.2. The van der Waals surface area contributed by atoms with Crippen molar-refractivity contribution in [3.8, 4) is 5.75 Å². The molecule has 2 N–H and O–H groups in total. The lowest BCUT2D eigenvalue weighted by atomic mass is 10.2. The second-order valence-electron chi connectivity index (χ2n) is 6.11. The van der Waals surface area contributed by atoms with E-state index in [4.69, 9.17) is 14.2 Å². The molecule has 1 unspecified atom stereocenters. The van der Waals surface area contributed by atoms with Crippen molar-refractivity contribution in [3.63, 3.8) is 0 Å². The molecule has 27 heavy (non-hydrogen) atoms. The lowest BCUT2D eigenvalue weighted by Crippen LogP contribution is -2.44. The summed E-state index contributed by atoms with van der Waals surface area (Å²) < 4.78 is 15.9. The number of hydrogen-bond donors (Lipinski definition) is 2. The van der Waals surface area contributed by atoms with Gasteiger partial charge in [0, 0.05) is 32.8 Å². The van der Waals surface area contributed by atoms with Gasteiger partial charge in [-0.05, 0) is 25.5 Å². The first-order valence-electron chi connectivity index (χ1n) is 9.28. The van der Waals surface area contributed by atoms with Crippen LogP contribution in [0.25, 0.3) is 0 Å². The standard InChI is InChI=1S/C19H32N4O3.HI/c1-4-20-19(21-10-12-26-14-13-24-2)22-16-9-11-23(15-16)17-7-5-6-8-18(17)25-3;/h5-8,16H,4,9-15H2,1-3H3,(H2,20,21,22);1H. The molecular weight excluding hydrogens is 459 g/mol. The minimum atomic E-state index is 0. The largest absolute Gasteiger partial charge is 0.495 e. The second kappa shape index (κ2) is 13.8. The van der Waals surface area contributed by atoms with Crippen LogP contribution in [-0.4, -0.2) is 72.2 Å². The third-order valence-corrected chi connectivity index (χ3v) is 4.24. The highest BCUT2D eigenvalue weighted by Gasteiger charge is 2.25. The van der Waals surface area contributed by atoms with Crippen molar-refractivity contribution in [1.29, 1.82) is 0 Å². The summed E-state index contributed by atoms with van der Waals surface area (Å²) in [7, 11) is 3.39. The summed E-state index contributed by atoms with van der Waals surface area (Å²) >= 11 is 0. The fraction of sp³-hybridized carbons (Fsp3) is 0.632. The molecule has 1 fully saturated rings. The number of para-hydroxylation sites is 2. The van der Waals surface area contributed by atoms with Crippen molar-refractivity contribution in [2.24, 2.45) is 4.99 Å². The van der Waals surface area contributed by atoms with Crippen LogP contribution in [0.5, 0.6) is 5.75 Å². The predicted octanol–water partition coefficient (Wildman–Crippen LogP) is 2.11. The number of nitrogens with one attached hydrogen (secondary N) is 2. The minimum absolute atomic E-state index is 0. The van der Waals surface area contributed by atoms with Gasteiger partial charge in [-0.3, -0.25) is 4.99 Å². The van der Waals surface area contributed by atoms with E-state index in [1.807, 2.05) is 18.2 Å². The van der Waals surface area contributed by atoms with Crippen molar-refractivity contribution in [2.75, 3.05) is 65.1 Å². The van der Waals surface area contributed by atoms with Crippen molar-refractivity contribution >= 4 is 35.6 Å². The average Bonchev–Trinajstić information content (AvgIpc) is 3.13. The summed E-state index contributed by atoms with van der Waals surface area (Å²) in [4.78, 5) is 6.95. The third kappa shape index (κ3) is 8.10. The maximum Gasteiger partial charge on any atom is 0.191 e. The van der Waals surface area contributed by atoms with E-state index in [-0.39, 0.29) is 24.0 Å². The van der Waals surface area contributed by atoms with Gasteiger partial charge in [0.15, 0.2) is 5.96 Å². The van der Waals surface area contributed by atoms with E-state index in [9.17, 15) is 0 Å². The molecule has 1 aromatic rings. The molecule has 0 spiro atoms. The SMILES string of the molecule is CCNC(=NCCOCCOC)NC1CCN(c2ccccc2OC)C1.I. The first-order valence-corrected chi connectivity index (χ1v) is 9.28. The van der Waals surface area contributed by atoms with Gasteiger partial charge in [-0.15, -0.1) is 24.0 Å². The Balaban J connectivity index is 0.00000364. The zero-order chi connectivity index (χ0) is 18.6. The monoisotopic (exact) mass is 492 g/mol. The Morgan fingerprint density at radius 2 is 2.04 bits per heavy atom. The van der Waals surface area contributed by atoms with E-state index >= 15 is 0 Å². The van der Waals surface area contributed by atoms with E-state index in [1.54, 1.807) is 14.2 Å². The number of hydrogen-bond acceptors (Lipinski definition) is 5. The summed E-state index contributed by atoms with van der Waals surface area (Å²) in [6, 6.07) is 8.52. The highest BCUT2D eigenvalue weighted by Crippen LogP contribution is 2.30. The van der Waals surface area contributed by atoms with Gasteiger partial charge in [0.05, 0.1) is 39.2 Å². The summed E-state index contributed by atoms with van der Waals surface area (Å²) in [5.41, 5.74) is 1.15. The summed E-state index contributed by atoms with van der Waals surface area (Å²) in [5, 5.41) is 6.84. The second-order valence-corrected chi connectivity index (χ2v) is 6.11. The molecule has 1 saturated heterocycles. The Bertz CT molecular complexity index is 560. The van der Waals surface area contributed by atoms with Gasteiger partial charge >= 0.3 is 0 Å². The zero-order valence-corrected chi connectivity index (χ0v) is 18.9. The molecule has 1 aliphatic rings. The van der Waals surface area contributed by atoms with E-state index in [0.29, 0.717) is 32.4 Å². The quantitative estimate of drug-likeness (QED) is 0.226. The Labute approximate surface area is 179 Å². The lowest BCUT2D eigenvalue weighted by Gasteiger charge is -2.22. The molecule has 0 radical (unpaired) electrons. The Hall–Kier alpha value is -1.26. The fourth-order valence-electron chi connectivity index (χ4n) is 2.97. The molecule has 0 bridgehead atoms. The maximum absolute atomic E-state index is 5.49. The smallest absolute Gasteiger partial charge is 0.191 e. The van der Waals surface area contributed by atoms with Gasteiger partial charge in [0.1, 0.15) is 5.75 Å². The lowest BCUT2D eigenvalue weighted by molar-refractivity contribution is 0.0748. The van der Waals surface area contributed by atoms with Crippen LogP contribution in [0.2, 0.25) is 0 Å². The molecule has 7 nitrogen and oxygen atoms in total. The van der Waals surface area contributed by atoms with Crippen molar-refractivity contribution < 1.29 is 14.2 Å². The first-order chi connectivity index (χ1) is 12.8. The van der Waals surface area contributed by atoms with Crippen molar-refractivity contribution in [1.82, 2.24) is 10.6 Å². The zero-order valence-electron chi connectivity index (χ0n) is 16.6. The number of methoxy groups -OCH3 is 2. The number of rotatable bonds is 10. The van der Waals surface area contributed by atoms with Crippen LogP contribution in [0, 0.1) is 0 Å². The topological polar surface area (TPSA) is 67.4 Å². The van der Waals surface area contributed by atoms with Gasteiger partial charge in [0.25, 0.3) is 0 Å². The highest BCUT2D eigenvalue weighted by atomic mass is 127. The molecule has 154 valence electrons. The number of halogens is 1. The molecule has 0 aromatic heterocycles. The minimum Gasteiger partial charge on any atom is -0.495 e. The summed E-state index contributed by atoms with van der Waals surface area (Å²) in [6.45, 7) is 7.27. The molecule has 1 heterocycles. The number of nitrogens with zero attached hydrogens (tertiary/aromatic N) is 2. The number of guanidine groups is 1. The van der Waals surface area contributed by atoms with Gasteiger partial charge < -0.3 is 29.7 Å². The predicted molar refractivity (Wildman–Crippen MR) is 121 cm³/mol. The maximum atomic E-state index is 5.49. The normalized spacial score (nSPS) is 16.8. The third-order valence-electron chi connectivity index (χ3n) is 4.24. The van der Waals surface area contributed by atoms with Crippen LogP contribution in [0.1, 0.15) is 13.3 Å². The van der Waals surface area contributed by atoms with Gasteiger partial charge in [0.2, 0.25) is 0 Å². The van der Waals surface area contributed by atoms with Crippen LogP contribution in [0.15, 0.2) is 29.3 Å². The first kappa shape index (κ1) is 23.8. The molecule has 1 aliphatic heterocycles. The number of ether oxygens (including phenoxy) is 3. The van der Waals surface area contributed by atoms with E-state index in [2.05, 4.69) is 33.5 Å². The number of anilines is 1. The summed E-state index contributed by atoms with van der Waals surface area (Å²) in [5.74, 6) is 1.76. The van der Waals surface area contributed by atoms with E-state index in [1.165, 1.54) is 0 Å². The van der Waals surface area contributed by atoms with Crippen LogP contribution >= 0.6 is 24.0 Å². The van der Waals surface area contributed by atoms with Crippen LogP contribution < -0.4 is 20.3 Å². The molecule has 8 heteroatoms. The molecule has 0 saturated carbocycles. The van der Waals surface area contributed by atoms with E-state index < -0.39 is 0 Å². The molecular formula is C19H33IN4O3. The van der Waals surface area contributed by atoms with Crippen molar-refractivity contribution in [3.05, 3.63) is 24.3 Å². The molecule has 2 rings (SSSR count).